The summed E-state index contributed by atoms with van der Waals surface area (Å²) in [6, 6.07) is 7.80. The van der Waals surface area contributed by atoms with E-state index in [9.17, 15) is 4.79 Å². The molecule has 17 heavy (non-hydrogen) atoms. The number of halogens is 1. The second kappa shape index (κ2) is 5.58. The fourth-order valence-corrected chi connectivity index (χ4v) is 3.20. The molecular weight excluding hydrogens is 298 g/mol. The molecule has 0 amide bonds. The van der Waals surface area contributed by atoms with Crippen LogP contribution in [0.1, 0.15) is 21.5 Å². The lowest BCUT2D eigenvalue weighted by Crippen LogP contribution is -2.07. The standard InChI is InChI=1S/C13H12BrNOS/c14-12-8-17-7-11(12)13(16)5-9-3-1-2-4-10(9)6-15/h1-4,7-8H,5-6,15H2. The number of hydrogen-bond donors (Lipinski definition) is 1. The van der Waals surface area contributed by atoms with Crippen LogP contribution in [0.15, 0.2) is 39.5 Å². The van der Waals surface area contributed by atoms with Crippen LogP contribution in [0.25, 0.3) is 0 Å². The monoisotopic (exact) mass is 309 g/mol. The van der Waals surface area contributed by atoms with Crippen molar-refractivity contribution in [2.45, 2.75) is 13.0 Å². The first-order valence-corrected chi connectivity index (χ1v) is 6.97. The minimum absolute atomic E-state index is 0.124. The molecule has 0 unspecified atom stereocenters. The Morgan fingerprint density at radius 3 is 2.53 bits per heavy atom. The summed E-state index contributed by atoms with van der Waals surface area (Å²) >= 11 is 4.90. The number of nitrogens with two attached hydrogens (primary N) is 1. The van der Waals surface area contributed by atoms with E-state index < -0.39 is 0 Å². The highest BCUT2D eigenvalue weighted by Gasteiger charge is 2.13. The van der Waals surface area contributed by atoms with Crippen LogP contribution in [0.2, 0.25) is 0 Å². The van der Waals surface area contributed by atoms with Crippen molar-refractivity contribution in [2.75, 3.05) is 0 Å². The highest BCUT2D eigenvalue weighted by molar-refractivity contribution is 9.10. The minimum atomic E-state index is 0.124. The number of Topliss-reactive ketones (excluding diaryl/α,β-unsaturated/α-hetero) is 1. The summed E-state index contributed by atoms with van der Waals surface area (Å²) in [6.07, 6.45) is 0.405. The van der Waals surface area contributed by atoms with Crippen molar-refractivity contribution in [3.05, 3.63) is 56.2 Å². The summed E-state index contributed by atoms with van der Waals surface area (Å²) in [5.41, 5.74) is 8.45. The van der Waals surface area contributed by atoms with Gasteiger partial charge in [0.2, 0.25) is 0 Å². The first-order valence-electron chi connectivity index (χ1n) is 5.24. The lowest BCUT2D eigenvalue weighted by Gasteiger charge is -2.06. The van der Waals surface area contributed by atoms with Gasteiger partial charge in [-0.25, -0.2) is 0 Å². The predicted octanol–water partition coefficient (Wildman–Crippen LogP) is 3.39. The number of benzene rings is 1. The van der Waals surface area contributed by atoms with Crippen molar-refractivity contribution in [2.24, 2.45) is 5.73 Å². The third kappa shape index (κ3) is 2.83. The van der Waals surface area contributed by atoms with Crippen LogP contribution in [-0.2, 0) is 13.0 Å². The molecule has 1 aromatic carbocycles. The fourth-order valence-electron chi connectivity index (χ4n) is 1.68. The normalized spacial score (nSPS) is 10.5. The molecule has 0 atom stereocenters. The van der Waals surface area contributed by atoms with Crippen LogP contribution in [0.5, 0.6) is 0 Å². The highest BCUT2D eigenvalue weighted by atomic mass is 79.9. The molecule has 0 saturated heterocycles. The molecule has 88 valence electrons. The van der Waals surface area contributed by atoms with E-state index in [4.69, 9.17) is 5.73 Å². The van der Waals surface area contributed by atoms with E-state index in [1.165, 1.54) is 11.3 Å². The van der Waals surface area contributed by atoms with E-state index in [0.717, 1.165) is 21.2 Å². The molecule has 0 radical (unpaired) electrons. The summed E-state index contributed by atoms with van der Waals surface area (Å²) in [7, 11) is 0. The van der Waals surface area contributed by atoms with Gasteiger partial charge in [0.25, 0.3) is 0 Å². The average Bonchev–Trinajstić information content (AvgIpc) is 2.76. The molecule has 0 aliphatic heterocycles. The molecule has 0 spiro atoms. The van der Waals surface area contributed by atoms with Gasteiger partial charge in [0.15, 0.2) is 5.78 Å². The third-order valence-electron chi connectivity index (χ3n) is 2.60. The Hall–Kier alpha value is -0.970. The molecular formula is C13H12BrNOS. The lowest BCUT2D eigenvalue weighted by molar-refractivity contribution is 0.0992. The van der Waals surface area contributed by atoms with Gasteiger partial charge in [0.05, 0.1) is 0 Å². The molecule has 2 N–H and O–H groups in total. The zero-order valence-electron chi connectivity index (χ0n) is 9.15. The maximum absolute atomic E-state index is 12.1. The second-order valence-corrected chi connectivity index (χ2v) is 5.30. The van der Waals surface area contributed by atoms with Crippen molar-refractivity contribution in [3.63, 3.8) is 0 Å². The average molecular weight is 310 g/mol. The highest BCUT2D eigenvalue weighted by Crippen LogP contribution is 2.23. The third-order valence-corrected chi connectivity index (χ3v) is 4.31. The Balaban J connectivity index is 2.22. The molecule has 4 heteroatoms. The largest absolute Gasteiger partial charge is 0.326 e. The molecule has 2 aromatic rings. The molecule has 1 aromatic heterocycles. The molecule has 0 fully saturated rings. The molecule has 1 heterocycles. The van der Waals surface area contributed by atoms with Gasteiger partial charge >= 0.3 is 0 Å². The van der Waals surface area contributed by atoms with Gasteiger partial charge in [-0.1, -0.05) is 24.3 Å². The Morgan fingerprint density at radius 1 is 1.24 bits per heavy atom. The minimum Gasteiger partial charge on any atom is -0.326 e. The van der Waals surface area contributed by atoms with Crippen LogP contribution < -0.4 is 5.73 Å². The smallest absolute Gasteiger partial charge is 0.169 e. The Kier molecular flexibility index (Phi) is 4.10. The van der Waals surface area contributed by atoms with Gasteiger partial charge in [-0.2, -0.15) is 11.3 Å². The topological polar surface area (TPSA) is 43.1 Å². The van der Waals surface area contributed by atoms with Gasteiger partial charge in [0.1, 0.15) is 0 Å². The van der Waals surface area contributed by atoms with Gasteiger partial charge in [0, 0.05) is 33.8 Å². The number of carbonyl (C=O) groups excluding carboxylic acids is 1. The molecule has 0 aliphatic rings. The summed E-state index contributed by atoms with van der Waals surface area (Å²) in [4.78, 5) is 12.1. The molecule has 0 saturated carbocycles. The van der Waals surface area contributed by atoms with Gasteiger partial charge in [-0.3, -0.25) is 4.79 Å². The number of ketones is 1. The number of rotatable bonds is 4. The van der Waals surface area contributed by atoms with Gasteiger partial charge in [-0.15, -0.1) is 0 Å². The zero-order valence-corrected chi connectivity index (χ0v) is 11.6. The molecule has 0 bridgehead atoms. The summed E-state index contributed by atoms with van der Waals surface area (Å²) in [5, 5.41) is 3.79. The van der Waals surface area contributed by atoms with E-state index in [1.54, 1.807) is 0 Å². The quantitative estimate of drug-likeness (QED) is 0.880. The molecule has 0 aliphatic carbocycles. The Morgan fingerprint density at radius 2 is 1.94 bits per heavy atom. The number of hydrogen-bond acceptors (Lipinski definition) is 3. The van der Waals surface area contributed by atoms with Crippen molar-refractivity contribution in [1.82, 2.24) is 0 Å². The lowest BCUT2D eigenvalue weighted by atomic mass is 10.0. The maximum Gasteiger partial charge on any atom is 0.169 e. The molecule has 2 nitrogen and oxygen atoms in total. The van der Waals surface area contributed by atoms with Crippen LogP contribution in [0.3, 0.4) is 0 Å². The second-order valence-electron chi connectivity index (χ2n) is 3.71. The maximum atomic E-state index is 12.1. The van der Waals surface area contributed by atoms with Crippen LogP contribution in [-0.4, -0.2) is 5.78 Å². The fraction of sp³-hybridized carbons (Fsp3) is 0.154. The first kappa shape index (κ1) is 12.5. The van der Waals surface area contributed by atoms with E-state index >= 15 is 0 Å². The number of carbonyl (C=O) groups is 1. The first-order chi connectivity index (χ1) is 8.22. The van der Waals surface area contributed by atoms with Crippen LogP contribution in [0.4, 0.5) is 0 Å². The van der Waals surface area contributed by atoms with Crippen molar-refractivity contribution in [3.8, 4) is 0 Å². The number of thiophene rings is 1. The summed E-state index contributed by atoms with van der Waals surface area (Å²) in [6.45, 7) is 0.467. The van der Waals surface area contributed by atoms with Crippen LogP contribution in [0, 0.1) is 0 Å². The van der Waals surface area contributed by atoms with E-state index in [-0.39, 0.29) is 5.78 Å². The van der Waals surface area contributed by atoms with E-state index in [2.05, 4.69) is 15.9 Å². The van der Waals surface area contributed by atoms with Crippen molar-refractivity contribution in [1.29, 1.82) is 0 Å². The summed E-state index contributed by atoms with van der Waals surface area (Å²) < 4.78 is 0.873. The van der Waals surface area contributed by atoms with Crippen LogP contribution >= 0.6 is 27.3 Å². The van der Waals surface area contributed by atoms with E-state index in [0.29, 0.717) is 13.0 Å². The predicted molar refractivity (Wildman–Crippen MR) is 74.4 cm³/mol. The van der Waals surface area contributed by atoms with Crippen molar-refractivity contribution >= 4 is 33.0 Å². The Bertz CT molecular complexity index is 536. The van der Waals surface area contributed by atoms with Gasteiger partial charge < -0.3 is 5.73 Å². The zero-order chi connectivity index (χ0) is 12.3. The SMILES string of the molecule is NCc1ccccc1CC(=O)c1cscc1Br. The van der Waals surface area contributed by atoms with E-state index in [1.807, 2.05) is 35.0 Å². The molecule has 2 rings (SSSR count). The Labute approximate surface area is 113 Å². The van der Waals surface area contributed by atoms with Gasteiger partial charge in [-0.05, 0) is 27.1 Å². The summed E-state index contributed by atoms with van der Waals surface area (Å²) in [5.74, 6) is 0.124. The van der Waals surface area contributed by atoms with Crippen molar-refractivity contribution < 1.29 is 4.79 Å².